The summed E-state index contributed by atoms with van der Waals surface area (Å²) in [6.45, 7) is 2.35. The van der Waals surface area contributed by atoms with Crippen LogP contribution in [0.25, 0.3) is 10.9 Å². The molecule has 0 bridgehead atoms. The van der Waals surface area contributed by atoms with E-state index in [-0.39, 0.29) is 36.5 Å². The van der Waals surface area contributed by atoms with Crippen molar-refractivity contribution < 1.29 is 14.4 Å². The van der Waals surface area contributed by atoms with Crippen LogP contribution in [-0.2, 0) is 34.4 Å². The van der Waals surface area contributed by atoms with Crippen LogP contribution >= 0.6 is 0 Å². The summed E-state index contributed by atoms with van der Waals surface area (Å²) in [4.78, 5) is 47.1. The highest BCUT2D eigenvalue weighted by Crippen LogP contribution is 2.28. The topological polar surface area (TPSA) is 126 Å². The second-order valence-electron chi connectivity index (χ2n) is 10.8. The highest BCUT2D eigenvalue weighted by atomic mass is 16.2. The fourth-order valence-corrected chi connectivity index (χ4v) is 5.79. The predicted octanol–water partition coefficient (Wildman–Crippen LogP) is 1.77. The average molecular weight is 532 g/mol. The first kappa shape index (κ1) is 26.8. The second kappa shape index (κ2) is 11.9. The van der Waals surface area contributed by atoms with Crippen LogP contribution in [0.1, 0.15) is 43.2 Å². The largest absolute Gasteiger partial charge is 0.350 e. The highest BCUT2D eigenvalue weighted by molar-refractivity contribution is 5.91. The monoisotopic (exact) mass is 531 g/mol. The zero-order valence-electron chi connectivity index (χ0n) is 22.5. The van der Waals surface area contributed by atoms with Crippen molar-refractivity contribution in [3.63, 3.8) is 0 Å². The Morgan fingerprint density at radius 3 is 2.72 bits per heavy atom. The zero-order chi connectivity index (χ0) is 27.4. The number of likely N-dealkylation sites (tertiary alicyclic amines) is 2. The molecular formula is C29H37N7O3. The normalized spacial score (nSPS) is 19.9. The number of amides is 3. The summed E-state index contributed by atoms with van der Waals surface area (Å²) in [6, 6.07) is 8.44. The molecular weight excluding hydrogens is 494 g/mol. The molecule has 0 radical (unpaired) electrons. The van der Waals surface area contributed by atoms with Crippen molar-refractivity contribution in [2.45, 2.75) is 57.2 Å². The maximum absolute atomic E-state index is 13.5. The number of hydrogen-bond acceptors (Lipinski definition) is 6. The fourth-order valence-electron chi connectivity index (χ4n) is 5.79. The van der Waals surface area contributed by atoms with E-state index in [2.05, 4.69) is 15.4 Å². The number of nitrogens with two attached hydrogens (primary N) is 1. The van der Waals surface area contributed by atoms with Crippen molar-refractivity contribution in [3.8, 4) is 0 Å². The minimum absolute atomic E-state index is 0.0477. The van der Waals surface area contributed by atoms with Crippen LogP contribution < -0.4 is 11.1 Å². The number of fused-ring (bicyclic) bond motifs is 1. The molecule has 1 unspecified atom stereocenters. The van der Waals surface area contributed by atoms with Crippen molar-refractivity contribution in [1.29, 1.82) is 0 Å². The van der Waals surface area contributed by atoms with Gasteiger partial charge in [0.15, 0.2) is 0 Å². The Labute approximate surface area is 228 Å². The highest BCUT2D eigenvalue weighted by Gasteiger charge is 2.41. The van der Waals surface area contributed by atoms with Gasteiger partial charge in [-0.25, -0.2) is 0 Å². The van der Waals surface area contributed by atoms with Crippen molar-refractivity contribution in [1.82, 2.24) is 29.9 Å². The predicted molar refractivity (Wildman–Crippen MR) is 147 cm³/mol. The minimum atomic E-state index is -0.822. The maximum Gasteiger partial charge on any atom is 0.243 e. The number of nitrogens with zero attached hydrogens (tertiary/aromatic N) is 5. The number of benzene rings is 1. The molecule has 2 saturated heterocycles. The number of carbonyl (C=O) groups excluding carboxylic acids is 3. The molecule has 2 aromatic heterocycles. The van der Waals surface area contributed by atoms with Gasteiger partial charge in [-0.05, 0) is 67.3 Å². The lowest BCUT2D eigenvalue weighted by atomic mass is 9.97. The van der Waals surface area contributed by atoms with Gasteiger partial charge >= 0.3 is 0 Å². The van der Waals surface area contributed by atoms with Gasteiger partial charge < -0.3 is 20.9 Å². The molecule has 0 saturated carbocycles. The van der Waals surface area contributed by atoms with Crippen LogP contribution in [0.2, 0.25) is 0 Å². The van der Waals surface area contributed by atoms with Gasteiger partial charge in [-0.1, -0.05) is 12.1 Å². The van der Waals surface area contributed by atoms with E-state index < -0.39 is 12.1 Å². The molecule has 39 heavy (non-hydrogen) atoms. The third kappa shape index (κ3) is 6.27. The van der Waals surface area contributed by atoms with Gasteiger partial charge in [0.1, 0.15) is 6.04 Å². The summed E-state index contributed by atoms with van der Waals surface area (Å²) in [6.07, 6.45) is 9.20. The molecule has 3 atom stereocenters. The van der Waals surface area contributed by atoms with Gasteiger partial charge in [-0.15, -0.1) is 0 Å². The summed E-state index contributed by atoms with van der Waals surface area (Å²) in [5.74, 6) is -0.302. The number of pyridine rings is 1. The lowest BCUT2D eigenvalue weighted by Crippen LogP contribution is -2.51. The molecule has 10 heteroatoms. The molecule has 2 fully saturated rings. The second-order valence-corrected chi connectivity index (χ2v) is 10.8. The molecule has 10 nitrogen and oxygen atoms in total. The van der Waals surface area contributed by atoms with E-state index in [1.165, 1.54) is 0 Å². The number of nitrogens with one attached hydrogen (secondary N) is 1. The number of hydrogen-bond donors (Lipinski definition) is 2. The molecule has 3 aromatic rings. The van der Waals surface area contributed by atoms with Gasteiger partial charge in [-0.3, -0.25) is 24.0 Å². The van der Waals surface area contributed by atoms with E-state index >= 15 is 0 Å². The quantitative estimate of drug-likeness (QED) is 0.433. The third-order valence-corrected chi connectivity index (χ3v) is 7.94. The zero-order valence-corrected chi connectivity index (χ0v) is 22.5. The van der Waals surface area contributed by atoms with Crippen LogP contribution in [0, 0.1) is 5.92 Å². The van der Waals surface area contributed by atoms with Crippen molar-refractivity contribution in [2.75, 3.05) is 19.6 Å². The van der Waals surface area contributed by atoms with E-state index in [1.807, 2.05) is 53.2 Å². The molecule has 0 aliphatic carbocycles. The van der Waals surface area contributed by atoms with Crippen LogP contribution in [0.5, 0.6) is 0 Å². The lowest BCUT2D eigenvalue weighted by molar-refractivity contribution is -0.140. The lowest BCUT2D eigenvalue weighted by Gasteiger charge is -2.27. The van der Waals surface area contributed by atoms with Crippen LogP contribution in [0.3, 0.4) is 0 Å². The summed E-state index contributed by atoms with van der Waals surface area (Å²) in [7, 11) is 1.89. The molecule has 2 aliphatic heterocycles. The van der Waals surface area contributed by atoms with Gasteiger partial charge in [-0.2, -0.15) is 5.10 Å². The summed E-state index contributed by atoms with van der Waals surface area (Å²) < 4.78 is 1.81. The number of carbonyl (C=O) groups is 3. The third-order valence-electron chi connectivity index (χ3n) is 7.94. The number of aromatic nitrogens is 3. The first-order valence-corrected chi connectivity index (χ1v) is 13.8. The molecule has 0 spiro atoms. The molecule has 5 rings (SSSR count). The maximum atomic E-state index is 13.5. The molecule has 2 aliphatic rings. The molecule has 3 amide bonds. The minimum Gasteiger partial charge on any atom is -0.350 e. The average Bonchev–Trinajstić information content (AvgIpc) is 3.71. The van der Waals surface area contributed by atoms with Crippen molar-refractivity contribution in [3.05, 3.63) is 60.0 Å². The van der Waals surface area contributed by atoms with Crippen molar-refractivity contribution >= 4 is 28.6 Å². The van der Waals surface area contributed by atoms with Crippen LogP contribution in [-0.4, -0.2) is 74.0 Å². The van der Waals surface area contributed by atoms with Gasteiger partial charge in [0.2, 0.25) is 17.7 Å². The fraction of sp³-hybridized carbons (Fsp3) is 0.483. The Kier molecular flexibility index (Phi) is 8.21. The molecule has 3 N–H and O–H groups in total. The molecule has 206 valence electrons. The van der Waals surface area contributed by atoms with Gasteiger partial charge in [0.25, 0.3) is 0 Å². The Hall–Kier alpha value is -3.79. The SMILES string of the molecule is Cn1ncc2cc(CNC(=O)[C@@H]3CC(Cc4cccnc4)CN3C(=O)[C@H](N)CCC(=O)N3CCCC3)ccc21. The first-order valence-electron chi connectivity index (χ1n) is 13.8. The standard InChI is InChI=1S/C29H37N7O3/c1-34-25-8-6-21(14-23(25)18-33-34)17-32-28(38)26-15-22(13-20-5-4-10-31-16-20)19-36(26)29(39)24(30)7-9-27(37)35-11-2-3-12-35/h4-6,8,10,14,16,18,22,24,26H,2-3,7,9,11-13,15,17,19,30H2,1H3,(H,32,38)/t22?,24-,26+/m1/s1. The number of aryl methyl sites for hydroxylation is 1. The van der Waals surface area contributed by atoms with Gasteiger partial charge in [0, 0.05) is 57.4 Å². The Morgan fingerprint density at radius 2 is 1.95 bits per heavy atom. The molecule has 1 aromatic carbocycles. The smallest absolute Gasteiger partial charge is 0.243 e. The Morgan fingerprint density at radius 1 is 1.13 bits per heavy atom. The summed E-state index contributed by atoms with van der Waals surface area (Å²) in [5, 5.41) is 8.32. The van der Waals surface area contributed by atoms with E-state index in [0.29, 0.717) is 19.5 Å². The first-order chi connectivity index (χ1) is 18.9. The van der Waals surface area contributed by atoms with Gasteiger partial charge in [0.05, 0.1) is 17.8 Å². The van der Waals surface area contributed by atoms with E-state index in [0.717, 1.165) is 54.4 Å². The van der Waals surface area contributed by atoms with Crippen LogP contribution in [0.15, 0.2) is 48.9 Å². The van der Waals surface area contributed by atoms with E-state index in [1.54, 1.807) is 17.3 Å². The summed E-state index contributed by atoms with van der Waals surface area (Å²) >= 11 is 0. The Balaban J connectivity index is 1.24. The molecule has 4 heterocycles. The Bertz CT molecular complexity index is 1320. The summed E-state index contributed by atoms with van der Waals surface area (Å²) in [5.41, 5.74) is 9.37. The number of rotatable bonds is 9. The van der Waals surface area contributed by atoms with E-state index in [9.17, 15) is 14.4 Å². The van der Waals surface area contributed by atoms with E-state index in [4.69, 9.17) is 5.73 Å². The van der Waals surface area contributed by atoms with Crippen LogP contribution in [0.4, 0.5) is 0 Å². The van der Waals surface area contributed by atoms with Crippen molar-refractivity contribution in [2.24, 2.45) is 18.7 Å².